The number of rotatable bonds is 4. The van der Waals surface area contributed by atoms with Crippen molar-refractivity contribution in [1.82, 2.24) is 0 Å². The average Bonchev–Trinajstić information content (AvgIpc) is 1.89. The van der Waals surface area contributed by atoms with Gasteiger partial charge < -0.3 is 4.74 Å². The van der Waals surface area contributed by atoms with E-state index in [9.17, 15) is 0 Å². The molecule has 0 fully saturated rings. The van der Waals surface area contributed by atoms with Gasteiger partial charge in [-0.15, -0.1) is 0 Å². The quantitative estimate of drug-likeness (QED) is 0.445. The maximum atomic E-state index is 5.16. The molecule has 0 heterocycles. The van der Waals surface area contributed by atoms with E-state index >= 15 is 0 Å². The van der Waals surface area contributed by atoms with Crippen molar-refractivity contribution in [3.63, 3.8) is 0 Å². The third-order valence-electron chi connectivity index (χ3n) is 1.05. The van der Waals surface area contributed by atoms with Gasteiger partial charge in [-0.05, 0) is 18.6 Å². The molecule has 0 amide bonds. The Morgan fingerprint density at radius 3 is 2.56 bits per heavy atom. The first-order valence-corrected chi connectivity index (χ1v) is 3.87. The third kappa shape index (κ3) is 5.77. The van der Waals surface area contributed by atoms with Crippen molar-refractivity contribution in [2.75, 3.05) is 6.61 Å². The van der Waals surface area contributed by atoms with Crippen LogP contribution in [0, 0.1) is 0 Å². The van der Waals surface area contributed by atoms with Crippen LogP contribution in [0.25, 0.3) is 0 Å². The van der Waals surface area contributed by atoms with Gasteiger partial charge in [-0.2, -0.15) is 0 Å². The summed E-state index contributed by atoms with van der Waals surface area (Å²) >= 11 is 4.85. The highest BCUT2D eigenvalue weighted by molar-refractivity contribution is 7.80. The van der Waals surface area contributed by atoms with E-state index in [0.717, 1.165) is 24.5 Å². The second-order valence-electron chi connectivity index (χ2n) is 1.93. The Morgan fingerprint density at radius 1 is 1.44 bits per heavy atom. The molecule has 0 atom stereocenters. The van der Waals surface area contributed by atoms with E-state index in [4.69, 9.17) is 17.0 Å². The maximum Gasteiger partial charge on any atom is 0.159 e. The van der Waals surface area contributed by atoms with E-state index in [2.05, 4.69) is 6.92 Å². The monoisotopic (exact) mass is 146 g/mol. The molecule has 0 aliphatic heterocycles. The van der Waals surface area contributed by atoms with Crippen LogP contribution in [0.1, 0.15) is 33.1 Å². The molecule has 2 heteroatoms. The summed E-state index contributed by atoms with van der Waals surface area (Å²) in [6.07, 6.45) is 3.14. The van der Waals surface area contributed by atoms with Crippen LogP contribution >= 0.6 is 12.2 Å². The summed E-state index contributed by atoms with van der Waals surface area (Å²) in [5.41, 5.74) is 0. The maximum absolute atomic E-state index is 5.16. The number of ether oxygens (including phenoxy) is 1. The van der Waals surface area contributed by atoms with Gasteiger partial charge in [-0.1, -0.05) is 20.3 Å². The van der Waals surface area contributed by atoms with Crippen molar-refractivity contribution in [3.8, 4) is 0 Å². The van der Waals surface area contributed by atoms with Crippen molar-refractivity contribution in [2.24, 2.45) is 0 Å². The van der Waals surface area contributed by atoms with Crippen molar-refractivity contribution in [2.45, 2.75) is 33.1 Å². The Hall–Kier alpha value is -0.110. The van der Waals surface area contributed by atoms with Gasteiger partial charge in [0.05, 0.1) is 6.61 Å². The Kier molecular flexibility index (Phi) is 5.94. The van der Waals surface area contributed by atoms with Gasteiger partial charge in [-0.3, -0.25) is 0 Å². The molecule has 0 saturated heterocycles. The smallest absolute Gasteiger partial charge is 0.159 e. The summed E-state index contributed by atoms with van der Waals surface area (Å²) in [6.45, 7) is 4.94. The van der Waals surface area contributed by atoms with Crippen molar-refractivity contribution in [3.05, 3.63) is 0 Å². The van der Waals surface area contributed by atoms with Gasteiger partial charge in [-0.25, -0.2) is 0 Å². The Balaban J connectivity index is 2.97. The lowest BCUT2D eigenvalue weighted by molar-refractivity contribution is 0.298. The van der Waals surface area contributed by atoms with E-state index in [1.807, 2.05) is 6.92 Å². The van der Waals surface area contributed by atoms with Gasteiger partial charge in [0.2, 0.25) is 0 Å². The van der Waals surface area contributed by atoms with Crippen LogP contribution in [0.15, 0.2) is 0 Å². The highest BCUT2D eigenvalue weighted by Crippen LogP contribution is 1.92. The van der Waals surface area contributed by atoms with Gasteiger partial charge >= 0.3 is 0 Å². The van der Waals surface area contributed by atoms with Crippen LogP contribution in [0.4, 0.5) is 0 Å². The second kappa shape index (κ2) is 6.02. The Morgan fingerprint density at radius 2 is 2.11 bits per heavy atom. The average molecular weight is 146 g/mol. The first-order chi connectivity index (χ1) is 4.31. The number of thiocarbonyl (C=S) groups is 1. The predicted octanol–water partition coefficient (Wildman–Crippen LogP) is 2.54. The predicted molar refractivity (Wildman–Crippen MR) is 43.7 cm³/mol. The van der Waals surface area contributed by atoms with Gasteiger partial charge in [0.25, 0.3) is 0 Å². The molecule has 0 aromatic carbocycles. The molecule has 0 bridgehead atoms. The van der Waals surface area contributed by atoms with Crippen LogP contribution < -0.4 is 0 Å². The summed E-state index contributed by atoms with van der Waals surface area (Å²) in [4.78, 5) is 0. The first-order valence-electron chi connectivity index (χ1n) is 3.46. The Bertz CT molecular complexity index is 81.0. The van der Waals surface area contributed by atoms with E-state index in [1.165, 1.54) is 6.42 Å². The van der Waals surface area contributed by atoms with Gasteiger partial charge in [0.1, 0.15) is 0 Å². The SMILES string of the molecule is CCCCOC(=S)CC. The lowest BCUT2D eigenvalue weighted by atomic mass is 10.4. The lowest BCUT2D eigenvalue weighted by Gasteiger charge is -2.02. The summed E-state index contributed by atoms with van der Waals surface area (Å²) in [7, 11) is 0. The highest BCUT2D eigenvalue weighted by Gasteiger charge is 1.90. The molecule has 1 nitrogen and oxygen atoms in total. The second-order valence-corrected chi connectivity index (χ2v) is 2.38. The minimum absolute atomic E-state index is 0.739. The molecule has 0 spiro atoms. The van der Waals surface area contributed by atoms with Crippen LogP contribution in [0.2, 0.25) is 0 Å². The largest absolute Gasteiger partial charge is 0.487 e. The zero-order valence-electron chi connectivity index (χ0n) is 6.14. The molecule has 0 aliphatic carbocycles. The fourth-order valence-electron chi connectivity index (χ4n) is 0.432. The topological polar surface area (TPSA) is 9.23 Å². The minimum atomic E-state index is 0.739. The Labute approximate surface area is 62.4 Å². The molecular weight excluding hydrogens is 132 g/mol. The van der Waals surface area contributed by atoms with Crippen LogP contribution in [0.5, 0.6) is 0 Å². The fourth-order valence-corrected chi connectivity index (χ4v) is 0.516. The molecule has 9 heavy (non-hydrogen) atoms. The standard InChI is InChI=1S/C7H14OS/c1-3-5-6-8-7(9)4-2/h3-6H2,1-2H3. The highest BCUT2D eigenvalue weighted by atomic mass is 32.1. The summed E-state index contributed by atoms with van der Waals surface area (Å²) in [6, 6.07) is 0. The molecule has 0 saturated carbocycles. The molecule has 0 unspecified atom stereocenters. The normalized spacial score (nSPS) is 9.11. The van der Waals surface area contributed by atoms with Crippen molar-refractivity contribution in [1.29, 1.82) is 0 Å². The van der Waals surface area contributed by atoms with E-state index in [0.29, 0.717) is 0 Å². The number of unbranched alkanes of at least 4 members (excludes halogenated alkanes) is 1. The molecule has 0 radical (unpaired) electrons. The molecule has 0 aliphatic rings. The summed E-state index contributed by atoms with van der Waals surface area (Å²) in [5, 5.41) is 0.739. The molecular formula is C7H14OS. The van der Waals surface area contributed by atoms with E-state index in [-0.39, 0.29) is 0 Å². The van der Waals surface area contributed by atoms with Crippen LogP contribution in [0.3, 0.4) is 0 Å². The van der Waals surface area contributed by atoms with Crippen LogP contribution in [-0.2, 0) is 4.74 Å². The zero-order chi connectivity index (χ0) is 7.11. The van der Waals surface area contributed by atoms with Gasteiger partial charge in [0, 0.05) is 6.42 Å². The van der Waals surface area contributed by atoms with Crippen molar-refractivity contribution >= 4 is 17.3 Å². The minimum Gasteiger partial charge on any atom is -0.487 e. The first kappa shape index (κ1) is 8.89. The molecule has 0 aromatic heterocycles. The zero-order valence-corrected chi connectivity index (χ0v) is 6.96. The molecule has 0 N–H and O–H groups in total. The van der Waals surface area contributed by atoms with E-state index < -0.39 is 0 Å². The molecule has 54 valence electrons. The third-order valence-corrected chi connectivity index (χ3v) is 1.46. The van der Waals surface area contributed by atoms with Crippen molar-refractivity contribution < 1.29 is 4.74 Å². The van der Waals surface area contributed by atoms with Crippen LogP contribution in [-0.4, -0.2) is 11.7 Å². The number of hydrogen-bond acceptors (Lipinski definition) is 2. The summed E-state index contributed by atoms with van der Waals surface area (Å²) in [5.74, 6) is 0. The summed E-state index contributed by atoms with van der Waals surface area (Å²) < 4.78 is 5.16. The molecule has 0 aromatic rings. The number of hydrogen-bond donors (Lipinski definition) is 0. The molecule has 0 rings (SSSR count). The van der Waals surface area contributed by atoms with E-state index in [1.54, 1.807) is 0 Å². The lowest BCUT2D eigenvalue weighted by Crippen LogP contribution is -2.00. The fraction of sp³-hybridized carbons (Fsp3) is 0.857. The van der Waals surface area contributed by atoms with Gasteiger partial charge in [0.15, 0.2) is 5.05 Å².